The summed E-state index contributed by atoms with van der Waals surface area (Å²) in [4.78, 5) is 2.45. The van der Waals surface area contributed by atoms with Crippen LogP contribution in [0.5, 0.6) is 0 Å². The molecule has 0 radical (unpaired) electrons. The van der Waals surface area contributed by atoms with Gasteiger partial charge in [-0.3, -0.25) is 0 Å². The largest absolute Gasteiger partial charge is 0.375 e. The second-order valence-electron chi connectivity index (χ2n) is 4.34. The van der Waals surface area contributed by atoms with E-state index in [0.29, 0.717) is 0 Å². The van der Waals surface area contributed by atoms with Crippen LogP contribution in [0.4, 0.5) is 0 Å². The van der Waals surface area contributed by atoms with Crippen LogP contribution in [0.15, 0.2) is 47.4 Å². The molecule has 108 valence electrons. The summed E-state index contributed by atoms with van der Waals surface area (Å²) in [6, 6.07) is 12.3. The Bertz CT molecular complexity index is 650. The van der Waals surface area contributed by atoms with Crippen LogP contribution in [0.3, 0.4) is 0 Å². The zero-order valence-corrected chi connectivity index (χ0v) is 13.0. The summed E-state index contributed by atoms with van der Waals surface area (Å²) in [6.45, 7) is 2.22. The highest BCUT2D eigenvalue weighted by Gasteiger charge is 2.18. The molecule has 2 aromatic rings. The summed E-state index contributed by atoms with van der Waals surface area (Å²) < 4.78 is 32.2. The molecular weight excluding hydrogens is 294 g/mol. The molecule has 4 nitrogen and oxygen atoms in total. The van der Waals surface area contributed by atoms with Gasteiger partial charge in [-0.2, -0.15) is 0 Å². The first-order valence-corrected chi connectivity index (χ1v) is 8.47. The maximum atomic E-state index is 12.1. The summed E-state index contributed by atoms with van der Waals surface area (Å²) in [5, 5.41) is 0. The maximum Gasteiger partial charge on any atom is 0.240 e. The van der Waals surface area contributed by atoms with E-state index in [9.17, 15) is 8.42 Å². The predicted molar refractivity (Wildman–Crippen MR) is 80.4 cm³/mol. The number of hydrogen-bond acceptors (Lipinski definition) is 4. The van der Waals surface area contributed by atoms with Crippen LogP contribution in [-0.4, -0.2) is 22.1 Å². The van der Waals surface area contributed by atoms with Crippen molar-refractivity contribution in [2.45, 2.75) is 17.9 Å². The van der Waals surface area contributed by atoms with Crippen molar-refractivity contribution in [1.29, 1.82) is 0 Å². The standard InChI is InChI=1S/C14H17NO3S2/c1-11-8-9-14(19-11)13(18-2)10-15-20(16,17)12-6-4-3-5-7-12/h3-9,13,15H,10H2,1-2H3. The van der Waals surface area contributed by atoms with Gasteiger partial charge in [0.05, 0.1) is 4.90 Å². The van der Waals surface area contributed by atoms with Crippen molar-refractivity contribution in [3.8, 4) is 0 Å². The van der Waals surface area contributed by atoms with E-state index in [2.05, 4.69) is 4.72 Å². The fraction of sp³-hybridized carbons (Fsp3) is 0.286. The molecule has 0 aliphatic heterocycles. The van der Waals surface area contributed by atoms with Crippen LogP contribution in [0.2, 0.25) is 0 Å². The third-order valence-electron chi connectivity index (χ3n) is 2.88. The first-order valence-electron chi connectivity index (χ1n) is 6.17. The van der Waals surface area contributed by atoms with Gasteiger partial charge in [-0.25, -0.2) is 13.1 Å². The van der Waals surface area contributed by atoms with Crippen LogP contribution in [-0.2, 0) is 14.8 Å². The van der Waals surface area contributed by atoms with Crippen LogP contribution in [0.25, 0.3) is 0 Å². The van der Waals surface area contributed by atoms with Crippen molar-refractivity contribution in [1.82, 2.24) is 4.72 Å². The molecule has 0 aliphatic rings. The Balaban J connectivity index is 2.07. The summed E-state index contributed by atoms with van der Waals surface area (Å²) in [5.41, 5.74) is 0. The number of aryl methyl sites for hydroxylation is 1. The Kier molecular flexibility index (Phi) is 4.93. The lowest BCUT2D eigenvalue weighted by Crippen LogP contribution is -2.29. The molecule has 1 N–H and O–H groups in total. The molecule has 1 heterocycles. The number of rotatable bonds is 6. The molecule has 0 spiro atoms. The molecule has 0 aliphatic carbocycles. The van der Waals surface area contributed by atoms with Crippen LogP contribution < -0.4 is 4.72 Å². The Morgan fingerprint density at radius 3 is 2.45 bits per heavy atom. The van der Waals surface area contributed by atoms with Gasteiger partial charge in [-0.1, -0.05) is 18.2 Å². The fourth-order valence-electron chi connectivity index (χ4n) is 1.79. The zero-order valence-electron chi connectivity index (χ0n) is 11.4. The van der Waals surface area contributed by atoms with Gasteiger partial charge in [0.15, 0.2) is 0 Å². The molecule has 1 aromatic carbocycles. The van der Waals surface area contributed by atoms with Gasteiger partial charge in [0.1, 0.15) is 6.10 Å². The Morgan fingerprint density at radius 2 is 1.90 bits per heavy atom. The Hall–Kier alpha value is -1.21. The normalized spacial score (nSPS) is 13.3. The summed E-state index contributed by atoms with van der Waals surface area (Å²) >= 11 is 1.61. The minimum absolute atomic E-state index is 0.216. The first-order chi connectivity index (χ1) is 9.53. The topological polar surface area (TPSA) is 55.4 Å². The average Bonchev–Trinajstić information content (AvgIpc) is 2.87. The van der Waals surface area contributed by atoms with Crippen molar-refractivity contribution in [2.75, 3.05) is 13.7 Å². The summed E-state index contributed by atoms with van der Waals surface area (Å²) in [5.74, 6) is 0. The number of benzene rings is 1. The third kappa shape index (κ3) is 3.67. The monoisotopic (exact) mass is 311 g/mol. The van der Waals surface area contributed by atoms with E-state index in [1.807, 2.05) is 19.1 Å². The molecule has 2 rings (SSSR count). The molecule has 1 unspecified atom stereocenters. The Morgan fingerprint density at radius 1 is 1.20 bits per heavy atom. The van der Waals surface area contributed by atoms with Gasteiger partial charge in [-0.05, 0) is 31.2 Å². The van der Waals surface area contributed by atoms with Gasteiger partial charge in [0.25, 0.3) is 0 Å². The summed E-state index contributed by atoms with van der Waals surface area (Å²) in [7, 11) is -1.91. The maximum absolute atomic E-state index is 12.1. The summed E-state index contributed by atoms with van der Waals surface area (Å²) in [6.07, 6.45) is -0.271. The molecule has 6 heteroatoms. The van der Waals surface area contributed by atoms with Gasteiger partial charge >= 0.3 is 0 Å². The van der Waals surface area contributed by atoms with Gasteiger partial charge < -0.3 is 4.74 Å². The van der Waals surface area contributed by atoms with E-state index in [4.69, 9.17) is 4.74 Å². The van der Waals surface area contributed by atoms with Crippen LogP contribution in [0, 0.1) is 6.92 Å². The number of methoxy groups -OCH3 is 1. The highest BCUT2D eigenvalue weighted by molar-refractivity contribution is 7.89. The lowest BCUT2D eigenvalue weighted by Gasteiger charge is -2.14. The van der Waals surface area contributed by atoms with Crippen molar-refractivity contribution in [2.24, 2.45) is 0 Å². The van der Waals surface area contributed by atoms with Gasteiger partial charge in [0.2, 0.25) is 10.0 Å². The molecular formula is C14H17NO3S2. The number of sulfonamides is 1. The second kappa shape index (κ2) is 6.49. The molecule has 0 fully saturated rings. The molecule has 1 atom stereocenters. The fourth-order valence-corrected chi connectivity index (χ4v) is 3.80. The second-order valence-corrected chi connectivity index (χ2v) is 7.42. The van der Waals surface area contributed by atoms with Crippen molar-refractivity contribution < 1.29 is 13.2 Å². The third-order valence-corrected chi connectivity index (χ3v) is 5.41. The Labute approximate surface area is 123 Å². The lowest BCUT2D eigenvalue weighted by molar-refractivity contribution is 0.110. The van der Waals surface area contributed by atoms with E-state index in [1.54, 1.807) is 48.8 Å². The van der Waals surface area contributed by atoms with Crippen LogP contribution >= 0.6 is 11.3 Å². The molecule has 0 saturated carbocycles. The molecule has 0 saturated heterocycles. The van der Waals surface area contributed by atoms with Gasteiger partial charge in [0, 0.05) is 23.4 Å². The highest BCUT2D eigenvalue weighted by Crippen LogP contribution is 2.25. The van der Waals surface area contributed by atoms with Crippen molar-refractivity contribution in [3.63, 3.8) is 0 Å². The van der Waals surface area contributed by atoms with Gasteiger partial charge in [-0.15, -0.1) is 11.3 Å². The number of hydrogen-bond donors (Lipinski definition) is 1. The predicted octanol–water partition coefficient (Wildman–Crippen LogP) is 2.72. The van der Waals surface area contributed by atoms with E-state index in [1.165, 1.54) is 4.88 Å². The average molecular weight is 311 g/mol. The number of nitrogens with one attached hydrogen (secondary N) is 1. The first kappa shape index (κ1) is 15.2. The number of thiophene rings is 1. The quantitative estimate of drug-likeness (QED) is 0.892. The van der Waals surface area contributed by atoms with Crippen molar-refractivity contribution >= 4 is 21.4 Å². The molecule has 0 bridgehead atoms. The highest BCUT2D eigenvalue weighted by atomic mass is 32.2. The SMILES string of the molecule is COC(CNS(=O)(=O)c1ccccc1)c1ccc(C)s1. The molecule has 1 aromatic heterocycles. The minimum atomic E-state index is -3.49. The van der Waals surface area contributed by atoms with E-state index in [-0.39, 0.29) is 17.5 Å². The van der Waals surface area contributed by atoms with E-state index in [0.717, 1.165) is 4.88 Å². The van der Waals surface area contributed by atoms with Crippen LogP contribution in [0.1, 0.15) is 15.9 Å². The van der Waals surface area contributed by atoms with E-state index < -0.39 is 10.0 Å². The van der Waals surface area contributed by atoms with E-state index >= 15 is 0 Å². The molecule has 0 amide bonds. The number of ether oxygens (including phenoxy) is 1. The lowest BCUT2D eigenvalue weighted by atomic mass is 10.3. The zero-order chi connectivity index (χ0) is 14.6. The smallest absolute Gasteiger partial charge is 0.240 e. The molecule has 20 heavy (non-hydrogen) atoms. The minimum Gasteiger partial charge on any atom is -0.375 e. The van der Waals surface area contributed by atoms with Crippen molar-refractivity contribution in [3.05, 3.63) is 52.2 Å².